The zero-order valence-electron chi connectivity index (χ0n) is 36.5. The van der Waals surface area contributed by atoms with Crippen molar-refractivity contribution in [2.45, 2.75) is 167 Å². The van der Waals surface area contributed by atoms with Gasteiger partial charge >= 0.3 is 33.3 Å². The lowest BCUT2D eigenvalue weighted by Crippen LogP contribution is -2.43. The second kappa shape index (κ2) is 25.5. The first-order valence-corrected chi connectivity index (χ1v) is 30.5. The summed E-state index contributed by atoms with van der Waals surface area (Å²) < 4.78 is 40.6. The lowest BCUT2D eigenvalue weighted by atomic mass is 9.72. The summed E-state index contributed by atoms with van der Waals surface area (Å²) in [7, 11) is -5.29. The van der Waals surface area contributed by atoms with Gasteiger partial charge in [-0.15, -0.1) is 0 Å². The fourth-order valence-electron chi connectivity index (χ4n) is 8.33. The van der Waals surface area contributed by atoms with E-state index < -0.39 is 44.1 Å². The van der Waals surface area contributed by atoms with Crippen LogP contribution in [-0.4, -0.2) is 95.1 Å². The third-order valence-corrected chi connectivity index (χ3v) is 19.9. The lowest BCUT2D eigenvalue weighted by Gasteiger charge is -2.34. The van der Waals surface area contributed by atoms with Crippen molar-refractivity contribution >= 4 is 49.9 Å². The van der Waals surface area contributed by atoms with Gasteiger partial charge in [0.1, 0.15) is 19.8 Å². The van der Waals surface area contributed by atoms with Gasteiger partial charge in [-0.2, -0.15) is 0 Å². The third-order valence-electron chi connectivity index (χ3n) is 11.3. The zero-order chi connectivity index (χ0) is 41.8. The molecule has 0 aromatic carbocycles. The second-order valence-corrected chi connectivity index (χ2v) is 30.7. The first-order valence-electron chi connectivity index (χ1n) is 22.0. The van der Waals surface area contributed by atoms with Gasteiger partial charge in [0.05, 0.1) is 6.61 Å². The zero-order valence-corrected chi connectivity index (χ0v) is 39.6. The monoisotopic (exact) mass is 855 g/mol. The molecule has 15 heteroatoms. The van der Waals surface area contributed by atoms with Crippen molar-refractivity contribution in [3.8, 4) is 0 Å². The van der Waals surface area contributed by atoms with Gasteiger partial charge in [-0.1, -0.05) is 39.2 Å². The smallest absolute Gasteiger partial charge is 0.407 e. The molecular weight excluding hydrogens is 779 g/mol. The Hall–Kier alpha value is -2.05. The van der Waals surface area contributed by atoms with Crippen molar-refractivity contribution in [2.24, 2.45) is 29.6 Å². The minimum absolute atomic E-state index is 0.0427. The number of alkyl carbamates (subject to hydrolysis) is 1. The number of nitrogens with one attached hydrogen (secondary N) is 1. The lowest BCUT2D eigenvalue weighted by molar-refractivity contribution is -0.156. The first kappa shape index (κ1) is 49.3. The highest BCUT2D eigenvalue weighted by Crippen LogP contribution is 2.40. The topological polar surface area (TPSA) is 145 Å². The molecular formula is C42H77NO11Si3. The van der Waals surface area contributed by atoms with Crippen molar-refractivity contribution in [1.82, 2.24) is 5.32 Å². The Kier molecular flexibility index (Phi) is 22.1. The van der Waals surface area contributed by atoms with Gasteiger partial charge in [0, 0.05) is 31.6 Å². The number of carbonyl (C=O) groups excluding carboxylic acids is 4. The molecule has 328 valence electrons. The molecule has 0 saturated heterocycles. The number of rotatable bonds is 24. The Labute approximate surface area is 347 Å². The molecule has 3 fully saturated rings. The van der Waals surface area contributed by atoms with Crippen LogP contribution in [0.2, 0.25) is 45.3 Å². The average molecular weight is 856 g/mol. The molecule has 57 heavy (non-hydrogen) atoms. The summed E-state index contributed by atoms with van der Waals surface area (Å²) in [4.78, 5) is 49.3. The molecule has 3 aliphatic rings. The first-order chi connectivity index (χ1) is 27.0. The van der Waals surface area contributed by atoms with Crippen molar-refractivity contribution in [1.29, 1.82) is 0 Å². The summed E-state index contributed by atoms with van der Waals surface area (Å²) in [5, 5.41) is 3.00. The van der Waals surface area contributed by atoms with Gasteiger partial charge in [-0.05, 0) is 139 Å². The quantitative estimate of drug-likeness (QED) is 0.0328. The Balaban J connectivity index is 1.38. The Bertz CT molecular complexity index is 1200. The highest BCUT2D eigenvalue weighted by Gasteiger charge is 2.31. The largest absolute Gasteiger partial charge is 0.462 e. The maximum Gasteiger partial charge on any atom is 0.407 e. The summed E-state index contributed by atoms with van der Waals surface area (Å²) in [6.45, 7) is 19.5. The fourth-order valence-corrected chi connectivity index (χ4v) is 16.7. The van der Waals surface area contributed by atoms with E-state index in [1.807, 2.05) is 0 Å². The van der Waals surface area contributed by atoms with E-state index in [2.05, 4.69) is 58.1 Å². The second-order valence-electron chi connectivity index (χ2n) is 18.9. The predicted molar refractivity (Wildman–Crippen MR) is 229 cm³/mol. The van der Waals surface area contributed by atoms with Gasteiger partial charge in [0.25, 0.3) is 0 Å². The van der Waals surface area contributed by atoms with E-state index in [0.29, 0.717) is 43.1 Å². The van der Waals surface area contributed by atoms with Crippen LogP contribution in [0.25, 0.3) is 0 Å². The van der Waals surface area contributed by atoms with E-state index >= 15 is 0 Å². The molecule has 1 unspecified atom stereocenters. The molecule has 12 nitrogen and oxygen atoms in total. The number of esters is 3. The van der Waals surface area contributed by atoms with Crippen molar-refractivity contribution in [3.05, 3.63) is 12.7 Å². The average Bonchev–Trinajstić information content (AvgIpc) is 3.13. The minimum Gasteiger partial charge on any atom is -0.462 e. The normalized spacial score (nSPS) is 24.9. The minimum atomic E-state index is -1.82. The van der Waals surface area contributed by atoms with Gasteiger partial charge in [0.2, 0.25) is 0 Å². The molecule has 3 rings (SSSR count). The van der Waals surface area contributed by atoms with Gasteiger partial charge in [-0.3, -0.25) is 9.59 Å². The molecule has 1 amide bonds. The molecule has 0 aromatic heterocycles. The van der Waals surface area contributed by atoms with Crippen LogP contribution in [0.4, 0.5) is 4.79 Å². The maximum absolute atomic E-state index is 13.3. The van der Waals surface area contributed by atoms with E-state index in [4.69, 9.17) is 31.9 Å². The summed E-state index contributed by atoms with van der Waals surface area (Å²) in [5.41, 5.74) is 0. The SMILES string of the molecule is C=CC(=O)OCCOC(=O)CC1CCC(CC2CCC(CC(=O)OC(COCCC[SiH](O[Si](C)(C)C)O[Si](C)(C)C)COC(=O)NC3CCC(C)CC3)CC2)CC1. The summed E-state index contributed by atoms with van der Waals surface area (Å²) in [5.74, 6) is 1.65. The van der Waals surface area contributed by atoms with Crippen LogP contribution in [-0.2, 0) is 46.3 Å². The number of carbonyl (C=O) groups is 4. The van der Waals surface area contributed by atoms with Crippen LogP contribution < -0.4 is 5.32 Å². The number of hydrogen-bond donors (Lipinski definition) is 1. The Morgan fingerprint density at radius 1 is 0.684 bits per heavy atom. The van der Waals surface area contributed by atoms with Crippen molar-refractivity contribution < 1.29 is 51.1 Å². The van der Waals surface area contributed by atoms with Crippen LogP contribution in [0, 0.1) is 29.6 Å². The molecule has 0 spiro atoms. The van der Waals surface area contributed by atoms with Crippen molar-refractivity contribution in [3.63, 3.8) is 0 Å². The molecule has 1 atom stereocenters. The molecule has 0 bridgehead atoms. The summed E-state index contributed by atoms with van der Waals surface area (Å²) >= 11 is 0. The Morgan fingerprint density at radius 3 is 1.75 bits per heavy atom. The van der Waals surface area contributed by atoms with Gasteiger partial charge in [-0.25, -0.2) is 9.59 Å². The van der Waals surface area contributed by atoms with E-state index in [0.717, 1.165) is 95.6 Å². The molecule has 0 aromatic rings. The molecule has 1 N–H and O–H groups in total. The van der Waals surface area contributed by atoms with Crippen molar-refractivity contribution in [2.75, 3.05) is 33.0 Å². The molecule has 0 aliphatic heterocycles. The van der Waals surface area contributed by atoms with Gasteiger partial charge < -0.3 is 37.2 Å². The standard InChI is InChI=1S/C42H77NO11Si3/c1-9-39(44)49-24-25-50-40(45)28-35-17-13-33(14-18-35)27-34-15-19-36(20-16-34)29-41(46)52-38(31-51-42(47)43-37-21-11-32(2)12-22-37)30-48-23-10-26-55(53-56(3,4)5)54-57(6,7)8/h9,32-38,55H,1,10-31H2,2-8H3,(H,43,47). The van der Waals surface area contributed by atoms with Crippen LogP contribution >= 0.6 is 0 Å². The van der Waals surface area contributed by atoms with E-state index in [1.54, 1.807) is 0 Å². The molecule has 3 aliphatic carbocycles. The van der Waals surface area contributed by atoms with Crippen LogP contribution in [0.1, 0.15) is 110 Å². The van der Waals surface area contributed by atoms with Crippen LogP contribution in [0.5, 0.6) is 0 Å². The van der Waals surface area contributed by atoms with Crippen LogP contribution in [0.15, 0.2) is 12.7 Å². The summed E-state index contributed by atoms with van der Waals surface area (Å²) in [6, 6.07) is 0.979. The highest BCUT2D eigenvalue weighted by atomic mass is 28.4. The number of amides is 1. The molecule has 3 saturated carbocycles. The summed E-state index contributed by atoms with van der Waals surface area (Å²) in [6.07, 6.45) is 15.4. The predicted octanol–water partition coefficient (Wildman–Crippen LogP) is 8.59. The third kappa shape index (κ3) is 22.8. The maximum atomic E-state index is 13.3. The van der Waals surface area contributed by atoms with E-state index in [1.165, 1.54) is 6.42 Å². The van der Waals surface area contributed by atoms with Crippen LogP contribution in [0.3, 0.4) is 0 Å². The van der Waals surface area contributed by atoms with Gasteiger partial charge in [0.15, 0.2) is 22.7 Å². The van der Waals surface area contributed by atoms with E-state index in [-0.39, 0.29) is 50.3 Å². The molecule has 0 heterocycles. The Morgan fingerprint density at radius 2 is 1.21 bits per heavy atom. The number of ether oxygens (including phenoxy) is 5. The highest BCUT2D eigenvalue weighted by molar-refractivity contribution is 6.81. The number of hydrogen-bond acceptors (Lipinski definition) is 11. The fraction of sp³-hybridized carbons (Fsp3) is 0.857. The van der Waals surface area contributed by atoms with E-state index in [9.17, 15) is 19.2 Å². The molecule has 0 radical (unpaired) electrons.